The number of anilines is 1. The zero-order valence-electron chi connectivity index (χ0n) is 19.2. The molecule has 0 aliphatic heterocycles. The number of aromatic nitrogens is 2. The van der Waals surface area contributed by atoms with Gasteiger partial charge in [0.25, 0.3) is 0 Å². The fourth-order valence-corrected chi connectivity index (χ4v) is 4.32. The van der Waals surface area contributed by atoms with Gasteiger partial charge in [-0.05, 0) is 41.3 Å². The number of nitrogens with zero attached hydrogens (tertiary/aromatic N) is 2. The summed E-state index contributed by atoms with van der Waals surface area (Å²) in [5.41, 5.74) is 5.50. The SMILES string of the molecule is NOC(=O)c1ccc2nc(NC(c3ccccc3)c3ccccc3)n(CCc3ccccc3)c2c1. The third-order valence-corrected chi connectivity index (χ3v) is 6.10. The number of hydrogen-bond acceptors (Lipinski definition) is 5. The summed E-state index contributed by atoms with van der Waals surface area (Å²) in [6.07, 6.45) is 0.813. The fourth-order valence-electron chi connectivity index (χ4n) is 4.32. The highest BCUT2D eigenvalue weighted by Gasteiger charge is 2.19. The molecule has 0 bridgehead atoms. The van der Waals surface area contributed by atoms with Crippen LogP contribution < -0.4 is 11.2 Å². The number of hydrogen-bond donors (Lipinski definition) is 2. The largest absolute Gasteiger partial charge is 0.370 e. The predicted octanol–water partition coefficient (Wildman–Crippen LogP) is 5.51. The van der Waals surface area contributed by atoms with Crippen LogP contribution in [0.15, 0.2) is 109 Å². The molecule has 1 heterocycles. The van der Waals surface area contributed by atoms with E-state index in [1.165, 1.54) is 5.56 Å². The van der Waals surface area contributed by atoms with Crippen molar-refractivity contribution in [3.05, 3.63) is 131 Å². The van der Waals surface area contributed by atoms with Crippen molar-refractivity contribution in [2.75, 3.05) is 5.32 Å². The number of carbonyl (C=O) groups is 1. The van der Waals surface area contributed by atoms with Crippen molar-refractivity contribution < 1.29 is 9.63 Å². The smallest absolute Gasteiger partial charge is 0.356 e. The monoisotopic (exact) mass is 462 g/mol. The standard InChI is InChI=1S/C29H26N4O2/c30-35-28(34)24-16-17-25-26(20-24)33(19-18-21-10-4-1-5-11-21)29(31-25)32-27(22-12-6-2-7-13-22)23-14-8-3-9-15-23/h1-17,20,27H,18-19,30H2,(H,31,32). The van der Waals surface area contributed by atoms with Gasteiger partial charge in [0.05, 0.1) is 22.6 Å². The van der Waals surface area contributed by atoms with Crippen molar-refractivity contribution in [2.45, 2.75) is 19.0 Å². The van der Waals surface area contributed by atoms with Crippen molar-refractivity contribution in [3.63, 3.8) is 0 Å². The van der Waals surface area contributed by atoms with Crippen LogP contribution in [0.1, 0.15) is 33.1 Å². The molecule has 35 heavy (non-hydrogen) atoms. The summed E-state index contributed by atoms with van der Waals surface area (Å²) in [4.78, 5) is 21.5. The highest BCUT2D eigenvalue weighted by molar-refractivity contribution is 5.94. The minimum absolute atomic E-state index is 0.0989. The van der Waals surface area contributed by atoms with Crippen molar-refractivity contribution in [1.82, 2.24) is 9.55 Å². The highest BCUT2D eigenvalue weighted by atomic mass is 16.7. The first-order chi connectivity index (χ1) is 17.2. The molecule has 0 aliphatic carbocycles. The van der Waals surface area contributed by atoms with Crippen LogP contribution in [0.25, 0.3) is 11.0 Å². The van der Waals surface area contributed by atoms with Crippen molar-refractivity contribution in [2.24, 2.45) is 5.90 Å². The van der Waals surface area contributed by atoms with E-state index in [9.17, 15) is 4.79 Å². The molecule has 0 amide bonds. The molecule has 5 aromatic rings. The van der Waals surface area contributed by atoms with Gasteiger partial charge in [-0.15, -0.1) is 0 Å². The topological polar surface area (TPSA) is 82.2 Å². The van der Waals surface area contributed by atoms with Gasteiger partial charge in [-0.1, -0.05) is 91.0 Å². The van der Waals surface area contributed by atoms with E-state index >= 15 is 0 Å². The Bertz CT molecular complexity index is 1380. The van der Waals surface area contributed by atoms with E-state index in [0.29, 0.717) is 12.1 Å². The normalized spacial score (nSPS) is 11.0. The lowest BCUT2D eigenvalue weighted by atomic mass is 9.99. The molecule has 0 spiro atoms. The van der Waals surface area contributed by atoms with Crippen LogP contribution in [-0.4, -0.2) is 15.5 Å². The molecule has 6 nitrogen and oxygen atoms in total. The summed E-state index contributed by atoms with van der Waals surface area (Å²) in [6.45, 7) is 0.681. The van der Waals surface area contributed by atoms with Gasteiger partial charge in [-0.25, -0.2) is 9.78 Å². The Morgan fingerprint density at radius 3 is 2.06 bits per heavy atom. The second-order valence-electron chi connectivity index (χ2n) is 8.33. The summed E-state index contributed by atoms with van der Waals surface area (Å²) in [5.74, 6) is 5.29. The average Bonchev–Trinajstić information content (AvgIpc) is 3.27. The van der Waals surface area contributed by atoms with Gasteiger partial charge in [0.1, 0.15) is 0 Å². The van der Waals surface area contributed by atoms with Gasteiger partial charge < -0.3 is 14.7 Å². The Kier molecular flexibility index (Phi) is 6.55. The summed E-state index contributed by atoms with van der Waals surface area (Å²) in [6, 6.07) is 36.1. The predicted molar refractivity (Wildman–Crippen MR) is 138 cm³/mol. The van der Waals surface area contributed by atoms with Gasteiger partial charge >= 0.3 is 5.97 Å². The molecular weight excluding hydrogens is 436 g/mol. The average molecular weight is 463 g/mol. The molecule has 0 aliphatic rings. The number of carbonyl (C=O) groups excluding carboxylic acids is 1. The van der Waals surface area contributed by atoms with Gasteiger partial charge in [-0.3, -0.25) is 0 Å². The number of nitrogens with two attached hydrogens (primary N) is 1. The summed E-state index contributed by atoms with van der Waals surface area (Å²) >= 11 is 0. The van der Waals surface area contributed by atoms with E-state index < -0.39 is 5.97 Å². The zero-order chi connectivity index (χ0) is 24.0. The lowest BCUT2D eigenvalue weighted by molar-refractivity contribution is 0.0503. The number of fused-ring (bicyclic) bond motifs is 1. The Hall–Kier alpha value is -4.42. The lowest BCUT2D eigenvalue weighted by Gasteiger charge is -2.21. The van der Waals surface area contributed by atoms with E-state index in [4.69, 9.17) is 10.9 Å². The molecule has 174 valence electrons. The molecule has 0 saturated carbocycles. The second kappa shape index (κ2) is 10.2. The number of aryl methyl sites for hydroxylation is 2. The minimum Gasteiger partial charge on any atom is -0.370 e. The van der Waals surface area contributed by atoms with Crippen LogP contribution in [0.2, 0.25) is 0 Å². The van der Waals surface area contributed by atoms with Gasteiger partial charge in [0, 0.05) is 6.54 Å². The van der Waals surface area contributed by atoms with Crippen molar-refractivity contribution >= 4 is 23.0 Å². The Labute approximate surface area is 204 Å². The number of benzene rings is 4. The maximum absolute atomic E-state index is 12.1. The van der Waals surface area contributed by atoms with Crippen LogP contribution in [0.5, 0.6) is 0 Å². The van der Waals surface area contributed by atoms with E-state index in [0.717, 1.165) is 34.5 Å². The van der Waals surface area contributed by atoms with E-state index in [1.54, 1.807) is 12.1 Å². The third kappa shape index (κ3) is 4.93. The number of imidazole rings is 1. The van der Waals surface area contributed by atoms with Crippen LogP contribution in [-0.2, 0) is 17.8 Å². The Morgan fingerprint density at radius 1 is 0.857 bits per heavy atom. The highest BCUT2D eigenvalue weighted by Crippen LogP contribution is 2.29. The van der Waals surface area contributed by atoms with E-state index in [2.05, 4.69) is 51.1 Å². The Balaban J connectivity index is 1.58. The molecular formula is C29H26N4O2. The van der Waals surface area contributed by atoms with E-state index in [-0.39, 0.29) is 6.04 Å². The summed E-state index contributed by atoms with van der Waals surface area (Å²) in [7, 11) is 0. The first kappa shape index (κ1) is 22.4. The fraction of sp³-hybridized carbons (Fsp3) is 0.103. The maximum Gasteiger partial charge on any atom is 0.356 e. The van der Waals surface area contributed by atoms with Crippen LogP contribution in [0.3, 0.4) is 0 Å². The van der Waals surface area contributed by atoms with Crippen LogP contribution in [0.4, 0.5) is 5.95 Å². The molecule has 0 atom stereocenters. The first-order valence-electron chi connectivity index (χ1n) is 11.5. The molecule has 4 aromatic carbocycles. The van der Waals surface area contributed by atoms with Gasteiger partial charge in [0.2, 0.25) is 5.95 Å². The molecule has 0 saturated heterocycles. The van der Waals surface area contributed by atoms with Crippen LogP contribution >= 0.6 is 0 Å². The van der Waals surface area contributed by atoms with Crippen molar-refractivity contribution in [1.29, 1.82) is 0 Å². The third-order valence-electron chi connectivity index (χ3n) is 6.10. The first-order valence-corrected chi connectivity index (χ1v) is 11.5. The van der Waals surface area contributed by atoms with Gasteiger partial charge in [0.15, 0.2) is 0 Å². The molecule has 0 radical (unpaired) electrons. The molecule has 0 unspecified atom stereocenters. The Morgan fingerprint density at radius 2 is 1.46 bits per heavy atom. The number of rotatable bonds is 8. The van der Waals surface area contributed by atoms with Gasteiger partial charge in [-0.2, -0.15) is 5.90 Å². The molecule has 5 rings (SSSR count). The molecule has 3 N–H and O–H groups in total. The number of nitrogens with one attached hydrogen (secondary N) is 1. The molecule has 1 aromatic heterocycles. The van der Waals surface area contributed by atoms with E-state index in [1.807, 2.05) is 60.7 Å². The summed E-state index contributed by atoms with van der Waals surface area (Å²) < 4.78 is 2.12. The second-order valence-corrected chi connectivity index (χ2v) is 8.33. The minimum atomic E-state index is -0.580. The zero-order valence-corrected chi connectivity index (χ0v) is 19.2. The van der Waals surface area contributed by atoms with Crippen LogP contribution in [0, 0.1) is 0 Å². The quantitative estimate of drug-likeness (QED) is 0.297. The molecule has 6 heteroatoms. The lowest BCUT2D eigenvalue weighted by Crippen LogP contribution is -2.16. The maximum atomic E-state index is 12.1. The summed E-state index contributed by atoms with van der Waals surface area (Å²) in [5, 5.41) is 3.68. The van der Waals surface area contributed by atoms with Crippen molar-refractivity contribution in [3.8, 4) is 0 Å². The molecule has 0 fully saturated rings.